The van der Waals surface area contributed by atoms with Crippen molar-refractivity contribution in [2.24, 2.45) is 0 Å². The number of aryl methyl sites for hydroxylation is 3. The monoisotopic (exact) mass is 469 g/mol. The molecule has 1 aliphatic carbocycles. The Labute approximate surface area is 196 Å². The van der Waals surface area contributed by atoms with Crippen LogP contribution in [0.25, 0.3) is 11.1 Å². The second-order valence-electron chi connectivity index (χ2n) is 7.78. The largest absolute Gasteiger partial charge is 0.484 e. The number of hydrogen-bond acceptors (Lipinski definition) is 5. The van der Waals surface area contributed by atoms with Crippen LogP contribution in [0.3, 0.4) is 0 Å². The molecule has 0 fully saturated rings. The molecule has 166 valence electrons. The van der Waals surface area contributed by atoms with Crippen molar-refractivity contribution in [2.75, 3.05) is 19.0 Å². The molecule has 2 aromatic carbocycles. The normalized spacial score (nSPS) is 12.7. The summed E-state index contributed by atoms with van der Waals surface area (Å²) in [5, 5.41) is 5.77. The van der Waals surface area contributed by atoms with Gasteiger partial charge in [0, 0.05) is 16.0 Å². The molecule has 0 atom stereocenters. The predicted molar refractivity (Wildman–Crippen MR) is 128 cm³/mol. The lowest BCUT2D eigenvalue weighted by Crippen LogP contribution is -2.21. The number of thiophene rings is 1. The molecule has 1 heterocycles. The summed E-state index contributed by atoms with van der Waals surface area (Å²) < 4.78 is 10.6. The zero-order valence-corrected chi connectivity index (χ0v) is 19.6. The van der Waals surface area contributed by atoms with Gasteiger partial charge in [0.1, 0.15) is 16.3 Å². The fraction of sp³-hybridized carbons (Fsp3) is 0.280. The van der Waals surface area contributed by atoms with Gasteiger partial charge in [0.2, 0.25) is 0 Å². The van der Waals surface area contributed by atoms with E-state index >= 15 is 0 Å². The van der Waals surface area contributed by atoms with Crippen molar-refractivity contribution < 1.29 is 19.1 Å². The van der Waals surface area contributed by atoms with Crippen LogP contribution in [0, 0.1) is 6.92 Å². The van der Waals surface area contributed by atoms with Crippen LogP contribution in [0.5, 0.6) is 5.75 Å². The number of carbonyl (C=O) groups is 2. The van der Waals surface area contributed by atoms with Crippen LogP contribution < -0.4 is 10.1 Å². The van der Waals surface area contributed by atoms with E-state index in [1.165, 1.54) is 42.4 Å². The van der Waals surface area contributed by atoms with Crippen molar-refractivity contribution in [3.63, 3.8) is 0 Å². The van der Waals surface area contributed by atoms with Crippen molar-refractivity contribution in [3.05, 3.63) is 69.1 Å². The lowest BCUT2D eigenvalue weighted by atomic mass is 9.89. The van der Waals surface area contributed by atoms with Gasteiger partial charge in [-0.05, 0) is 73.1 Å². The van der Waals surface area contributed by atoms with Crippen molar-refractivity contribution in [3.8, 4) is 16.9 Å². The van der Waals surface area contributed by atoms with E-state index in [0.717, 1.165) is 29.5 Å². The fourth-order valence-corrected chi connectivity index (χ4v) is 4.98. The van der Waals surface area contributed by atoms with Crippen molar-refractivity contribution in [1.29, 1.82) is 0 Å². The smallest absolute Gasteiger partial charge is 0.341 e. The van der Waals surface area contributed by atoms with Crippen LogP contribution in [0.2, 0.25) is 5.02 Å². The van der Waals surface area contributed by atoms with Crippen LogP contribution in [0.4, 0.5) is 5.00 Å². The number of halogens is 1. The van der Waals surface area contributed by atoms with Crippen molar-refractivity contribution in [2.45, 2.75) is 32.6 Å². The highest BCUT2D eigenvalue weighted by Gasteiger charge is 2.23. The molecular formula is C25H24ClNO4S. The first-order valence-electron chi connectivity index (χ1n) is 10.5. The maximum atomic E-state index is 12.6. The molecule has 0 saturated heterocycles. The van der Waals surface area contributed by atoms with Gasteiger partial charge >= 0.3 is 5.97 Å². The molecular weight excluding hydrogens is 446 g/mol. The number of rotatable bonds is 6. The molecule has 5 nitrogen and oxygen atoms in total. The van der Waals surface area contributed by atoms with E-state index in [4.69, 9.17) is 21.1 Å². The van der Waals surface area contributed by atoms with Gasteiger partial charge in [0.15, 0.2) is 6.61 Å². The van der Waals surface area contributed by atoms with Crippen LogP contribution in [-0.2, 0) is 22.4 Å². The zero-order valence-electron chi connectivity index (χ0n) is 18.0. The third-order valence-corrected chi connectivity index (χ3v) is 6.91. The second kappa shape index (κ2) is 9.76. The van der Waals surface area contributed by atoms with Crippen LogP contribution >= 0.6 is 22.9 Å². The number of hydrogen-bond donors (Lipinski definition) is 1. The highest BCUT2D eigenvalue weighted by atomic mass is 35.5. The summed E-state index contributed by atoms with van der Waals surface area (Å²) in [5.41, 5.74) is 5.65. The number of carbonyl (C=O) groups excluding carboxylic acids is 2. The first-order chi connectivity index (χ1) is 15.5. The minimum absolute atomic E-state index is 0.187. The molecule has 0 spiro atoms. The van der Waals surface area contributed by atoms with Crippen molar-refractivity contribution in [1.82, 2.24) is 0 Å². The fourth-order valence-electron chi connectivity index (χ4n) is 3.89. The van der Waals surface area contributed by atoms with E-state index < -0.39 is 5.97 Å². The lowest BCUT2D eigenvalue weighted by molar-refractivity contribution is -0.118. The zero-order chi connectivity index (χ0) is 22.7. The highest BCUT2D eigenvalue weighted by Crippen LogP contribution is 2.37. The number of anilines is 1. The Morgan fingerprint density at radius 1 is 1.09 bits per heavy atom. The Morgan fingerprint density at radius 2 is 1.88 bits per heavy atom. The van der Waals surface area contributed by atoms with E-state index in [1.54, 1.807) is 18.2 Å². The first-order valence-corrected chi connectivity index (χ1v) is 11.7. The summed E-state index contributed by atoms with van der Waals surface area (Å²) in [6.45, 7) is 1.68. The Hall–Kier alpha value is -2.83. The van der Waals surface area contributed by atoms with E-state index in [-0.39, 0.29) is 12.5 Å². The first kappa shape index (κ1) is 22.4. The van der Waals surface area contributed by atoms with E-state index in [2.05, 4.69) is 17.4 Å². The average Bonchev–Trinajstić information content (AvgIpc) is 3.22. The van der Waals surface area contributed by atoms with Crippen LogP contribution in [0.1, 0.15) is 39.9 Å². The van der Waals surface area contributed by atoms with Gasteiger partial charge < -0.3 is 14.8 Å². The molecule has 0 bridgehead atoms. The molecule has 1 amide bonds. The highest BCUT2D eigenvalue weighted by molar-refractivity contribution is 7.15. The maximum Gasteiger partial charge on any atom is 0.341 e. The summed E-state index contributed by atoms with van der Waals surface area (Å²) in [6.07, 6.45) is 4.54. The number of benzene rings is 2. The molecule has 0 saturated carbocycles. The van der Waals surface area contributed by atoms with Crippen molar-refractivity contribution >= 4 is 39.8 Å². The molecule has 1 aromatic heterocycles. The minimum atomic E-state index is -0.483. The number of amides is 1. The standard InChI is InChI=1S/C25H24ClNO4S/c1-15-11-19(9-10-21(15)26)31-13-22(28)27-24-23(25(29)30-2)20(14-32-24)18-8-7-16-5-3-4-6-17(16)12-18/h7-12,14H,3-6,13H2,1-2H3,(H,27,28). The Bertz CT molecular complexity index is 1170. The molecule has 1 aliphatic rings. The van der Waals surface area contributed by atoms with Gasteiger partial charge in [0.25, 0.3) is 5.91 Å². The van der Waals surface area contributed by atoms with Gasteiger partial charge in [-0.2, -0.15) is 0 Å². The van der Waals surface area contributed by atoms with E-state index in [0.29, 0.717) is 21.3 Å². The average molecular weight is 470 g/mol. The minimum Gasteiger partial charge on any atom is -0.484 e. The summed E-state index contributed by atoms with van der Waals surface area (Å²) in [6, 6.07) is 11.5. The molecule has 0 aliphatic heterocycles. The van der Waals surface area contributed by atoms with Gasteiger partial charge in [-0.3, -0.25) is 4.79 Å². The summed E-state index contributed by atoms with van der Waals surface area (Å²) in [4.78, 5) is 25.1. The number of nitrogens with one attached hydrogen (secondary N) is 1. The number of esters is 1. The van der Waals surface area contributed by atoms with E-state index in [1.807, 2.05) is 18.4 Å². The maximum absolute atomic E-state index is 12.6. The second-order valence-corrected chi connectivity index (χ2v) is 9.07. The molecule has 32 heavy (non-hydrogen) atoms. The van der Waals surface area contributed by atoms with Gasteiger partial charge in [-0.25, -0.2) is 4.79 Å². The molecule has 0 unspecified atom stereocenters. The number of fused-ring (bicyclic) bond motifs is 1. The predicted octanol–water partition coefficient (Wildman–Crippen LogP) is 6.06. The van der Waals surface area contributed by atoms with Gasteiger partial charge in [-0.1, -0.05) is 29.8 Å². The van der Waals surface area contributed by atoms with Crippen LogP contribution in [0.15, 0.2) is 41.8 Å². The Balaban J connectivity index is 1.54. The summed E-state index contributed by atoms with van der Waals surface area (Å²) in [5.74, 6) is -0.290. The molecule has 4 rings (SSSR count). The number of ether oxygens (including phenoxy) is 2. The summed E-state index contributed by atoms with van der Waals surface area (Å²) in [7, 11) is 1.34. The van der Waals surface area contributed by atoms with Gasteiger partial charge in [0.05, 0.1) is 7.11 Å². The Kier molecular flexibility index (Phi) is 6.82. The summed E-state index contributed by atoms with van der Waals surface area (Å²) >= 11 is 7.33. The molecule has 7 heteroatoms. The lowest BCUT2D eigenvalue weighted by Gasteiger charge is -2.16. The topological polar surface area (TPSA) is 64.6 Å². The van der Waals surface area contributed by atoms with Gasteiger partial charge in [-0.15, -0.1) is 11.3 Å². The third kappa shape index (κ3) is 4.81. The molecule has 0 radical (unpaired) electrons. The SMILES string of the molecule is COC(=O)c1c(-c2ccc3c(c2)CCCC3)csc1NC(=O)COc1ccc(Cl)c(C)c1. The quantitative estimate of drug-likeness (QED) is 0.445. The van der Waals surface area contributed by atoms with E-state index in [9.17, 15) is 9.59 Å². The third-order valence-electron chi connectivity index (χ3n) is 5.59. The van der Waals surface area contributed by atoms with Crippen LogP contribution in [-0.4, -0.2) is 25.6 Å². The Morgan fingerprint density at radius 3 is 2.62 bits per heavy atom. The molecule has 3 aromatic rings. The number of methoxy groups -OCH3 is 1. The molecule has 1 N–H and O–H groups in total.